The summed E-state index contributed by atoms with van der Waals surface area (Å²) in [6, 6.07) is 0.285. The molecule has 1 saturated carbocycles. The van der Waals surface area contributed by atoms with E-state index in [9.17, 15) is 4.79 Å². The highest BCUT2D eigenvalue weighted by atomic mass is 16.2. The molecular formula is C12H20N4O. The number of nitrogens with zero attached hydrogens (tertiary/aromatic N) is 2. The van der Waals surface area contributed by atoms with Gasteiger partial charge in [-0.1, -0.05) is 6.92 Å². The first-order chi connectivity index (χ1) is 8.08. The van der Waals surface area contributed by atoms with Crippen LogP contribution in [0.5, 0.6) is 0 Å². The molecule has 0 bridgehead atoms. The molecule has 5 heteroatoms. The van der Waals surface area contributed by atoms with Gasteiger partial charge in [0.25, 0.3) is 5.91 Å². The Hall–Kier alpha value is -1.52. The molecule has 0 aromatic carbocycles. The van der Waals surface area contributed by atoms with Crippen LogP contribution in [0, 0.1) is 5.92 Å². The zero-order valence-corrected chi connectivity index (χ0v) is 10.4. The number of nitrogens with one attached hydrogen (secondary N) is 1. The molecule has 94 valence electrons. The Bertz CT molecular complexity index is 385. The van der Waals surface area contributed by atoms with Gasteiger partial charge in [0.15, 0.2) is 0 Å². The van der Waals surface area contributed by atoms with Crippen LogP contribution < -0.4 is 11.1 Å². The zero-order valence-electron chi connectivity index (χ0n) is 10.4. The average Bonchev–Trinajstić information content (AvgIpc) is 2.62. The lowest BCUT2D eigenvalue weighted by atomic mass is 9.87. The maximum Gasteiger partial charge on any atom is 0.271 e. The molecule has 3 N–H and O–H groups in total. The minimum atomic E-state index is -0.109. The van der Waals surface area contributed by atoms with Crippen molar-refractivity contribution in [2.45, 2.75) is 38.6 Å². The van der Waals surface area contributed by atoms with Gasteiger partial charge in [-0.25, -0.2) is 0 Å². The summed E-state index contributed by atoms with van der Waals surface area (Å²) in [5, 5.41) is 7.02. The van der Waals surface area contributed by atoms with E-state index in [0.29, 0.717) is 11.4 Å². The minimum Gasteiger partial charge on any atom is -0.396 e. The second-order valence-electron chi connectivity index (χ2n) is 5.00. The molecule has 1 aliphatic carbocycles. The summed E-state index contributed by atoms with van der Waals surface area (Å²) in [5.74, 6) is 0.673. The van der Waals surface area contributed by atoms with Gasteiger partial charge in [-0.15, -0.1) is 0 Å². The highest BCUT2D eigenvalue weighted by Gasteiger charge is 2.22. The molecule has 0 atom stereocenters. The monoisotopic (exact) mass is 236 g/mol. The summed E-state index contributed by atoms with van der Waals surface area (Å²) in [6.07, 6.45) is 6.00. The van der Waals surface area contributed by atoms with Gasteiger partial charge < -0.3 is 11.1 Å². The van der Waals surface area contributed by atoms with Gasteiger partial charge >= 0.3 is 0 Å². The molecule has 17 heavy (non-hydrogen) atoms. The Labute approximate surface area is 101 Å². The number of aryl methyl sites for hydroxylation is 1. The van der Waals surface area contributed by atoms with Crippen molar-refractivity contribution in [2.24, 2.45) is 13.0 Å². The smallest absolute Gasteiger partial charge is 0.271 e. The lowest BCUT2D eigenvalue weighted by molar-refractivity contribution is 0.0914. The third-order valence-corrected chi connectivity index (χ3v) is 3.53. The van der Waals surface area contributed by atoms with Crippen molar-refractivity contribution in [3.63, 3.8) is 0 Å². The normalized spacial score (nSPS) is 24.6. The van der Waals surface area contributed by atoms with Crippen LogP contribution in [0.4, 0.5) is 5.69 Å². The second kappa shape index (κ2) is 4.77. The fourth-order valence-electron chi connectivity index (χ4n) is 2.39. The lowest BCUT2D eigenvalue weighted by Crippen LogP contribution is -2.38. The number of nitrogens with two attached hydrogens (primary N) is 1. The lowest BCUT2D eigenvalue weighted by Gasteiger charge is -2.26. The van der Waals surface area contributed by atoms with Crippen LogP contribution >= 0.6 is 0 Å². The Morgan fingerprint density at radius 3 is 2.65 bits per heavy atom. The number of carbonyl (C=O) groups is 1. The molecule has 5 nitrogen and oxygen atoms in total. The van der Waals surface area contributed by atoms with Gasteiger partial charge in [0, 0.05) is 13.1 Å². The van der Waals surface area contributed by atoms with Crippen LogP contribution in [-0.4, -0.2) is 21.7 Å². The van der Waals surface area contributed by atoms with Crippen LogP contribution in [0.3, 0.4) is 0 Å². The molecule has 1 aromatic rings. The van der Waals surface area contributed by atoms with Crippen molar-refractivity contribution in [3.8, 4) is 0 Å². The highest BCUT2D eigenvalue weighted by Crippen LogP contribution is 2.23. The van der Waals surface area contributed by atoms with E-state index in [1.165, 1.54) is 23.7 Å². The molecule has 1 heterocycles. The number of nitrogen functional groups attached to an aromatic ring is 1. The number of aromatic nitrogens is 2. The van der Waals surface area contributed by atoms with Crippen LogP contribution in [-0.2, 0) is 7.05 Å². The Morgan fingerprint density at radius 2 is 2.12 bits per heavy atom. The molecule has 1 amide bonds. The molecule has 2 rings (SSSR count). The summed E-state index contributed by atoms with van der Waals surface area (Å²) in [7, 11) is 1.73. The van der Waals surface area contributed by atoms with Crippen LogP contribution in [0.2, 0.25) is 0 Å². The van der Waals surface area contributed by atoms with Crippen molar-refractivity contribution >= 4 is 11.6 Å². The summed E-state index contributed by atoms with van der Waals surface area (Å²) < 4.78 is 1.52. The molecule has 1 aliphatic rings. The maximum atomic E-state index is 12.0. The van der Waals surface area contributed by atoms with Crippen molar-refractivity contribution in [3.05, 3.63) is 11.9 Å². The Balaban J connectivity index is 1.98. The number of carbonyl (C=O) groups excluding carboxylic acids is 1. The van der Waals surface area contributed by atoms with Gasteiger partial charge in [-0.05, 0) is 31.6 Å². The molecule has 1 fully saturated rings. The average molecular weight is 236 g/mol. The van der Waals surface area contributed by atoms with Crippen molar-refractivity contribution in [1.29, 1.82) is 0 Å². The molecule has 1 aromatic heterocycles. The fraction of sp³-hybridized carbons (Fsp3) is 0.667. The summed E-state index contributed by atoms with van der Waals surface area (Å²) >= 11 is 0. The third-order valence-electron chi connectivity index (χ3n) is 3.53. The third kappa shape index (κ3) is 2.60. The molecule has 0 saturated heterocycles. The fourth-order valence-corrected chi connectivity index (χ4v) is 2.39. The standard InChI is InChI=1S/C12H20N4O/c1-8-3-5-9(6-4-8)15-12(17)11-10(13)7-14-16(11)2/h7-9H,3-6,13H2,1-2H3,(H,15,17). The largest absolute Gasteiger partial charge is 0.396 e. The summed E-state index contributed by atoms with van der Waals surface area (Å²) in [6.45, 7) is 2.26. The van der Waals surface area contributed by atoms with E-state index in [-0.39, 0.29) is 11.9 Å². The Morgan fingerprint density at radius 1 is 1.47 bits per heavy atom. The highest BCUT2D eigenvalue weighted by molar-refractivity contribution is 5.97. The first-order valence-electron chi connectivity index (χ1n) is 6.16. The molecular weight excluding hydrogens is 216 g/mol. The van der Waals surface area contributed by atoms with Gasteiger partial charge in [0.05, 0.1) is 11.9 Å². The van der Waals surface area contributed by atoms with E-state index in [4.69, 9.17) is 5.73 Å². The predicted octanol–water partition coefficient (Wildman–Crippen LogP) is 1.31. The number of rotatable bonds is 2. The van der Waals surface area contributed by atoms with E-state index >= 15 is 0 Å². The van der Waals surface area contributed by atoms with E-state index in [1.807, 2.05) is 0 Å². The maximum absolute atomic E-state index is 12.0. The first-order valence-corrected chi connectivity index (χ1v) is 6.16. The Kier molecular flexibility index (Phi) is 3.36. The zero-order chi connectivity index (χ0) is 12.4. The number of hydrogen-bond acceptors (Lipinski definition) is 3. The number of amides is 1. The number of hydrogen-bond donors (Lipinski definition) is 2. The van der Waals surface area contributed by atoms with Crippen LogP contribution in [0.15, 0.2) is 6.20 Å². The summed E-state index contributed by atoms with van der Waals surface area (Å²) in [4.78, 5) is 12.0. The topological polar surface area (TPSA) is 72.9 Å². The first kappa shape index (κ1) is 12.0. The van der Waals surface area contributed by atoms with Crippen LogP contribution in [0.1, 0.15) is 43.1 Å². The van der Waals surface area contributed by atoms with Crippen molar-refractivity contribution in [2.75, 3.05) is 5.73 Å². The van der Waals surface area contributed by atoms with E-state index in [1.54, 1.807) is 7.05 Å². The number of anilines is 1. The van der Waals surface area contributed by atoms with Gasteiger partial charge in [0.2, 0.25) is 0 Å². The van der Waals surface area contributed by atoms with Gasteiger partial charge in [-0.3, -0.25) is 9.48 Å². The minimum absolute atomic E-state index is 0.109. The van der Waals surface area contributed by atoms with Crippen molar-refractivity contribution in [1.82, 2.24) is 15.1 Å². The molecule has 0 aliphatic heterocycles. The quantitative estimate of drug-likeness (QED) is 0.813. The van der Waals surface area contributed by atoms with Crippen LogP contribution in [0.25, 0.3) is 0 Å². The van der Waals surface area contributed by atoms with E-state index in [2.05, 4.69) is 17.3 Å². The molecule has 0 spiro atoms. The summed E-state index contributed by atoms with van der Waals surface area (Å²) in [5.41, 5.74) is 6.63. The second-order valence-corrected chi connectivity index (χ2v) is 5.00. The van der Waals surface area contributed by atoms with E-state index in [0.717, 1.165) is 18.8 Å². The van der Waals surface area contributed by atoms with Gasteiger partial charge in [0.1, 0.15) is 5.69 Å². The van der Waals surface area contributed by atoms with Gasteiger partial charge in [-0.2, -0.15) is 5.10 Å². The van der Waals surface area contributed by atoms with E-state index < -0.39 is 0 Å². The van der Waals surface area contributed by atoms with Crippen molar-refractivity contribution < 1.29 is 4.79 Å². The SMILES string of the molecule is CC1CCC(NC(=O)c2c(N)cnn2C)CC1. The molecule has 0 unspecified atom stereocenters. The molecule has 0 radical (unpaired) electrons. The predicted molar refractivity (Wildman–Crippen MR) is 66.5 cm³/mol.